The Labute approximate surface area is 176 Å². The summed E-state index contributed by atoms with van der Waals surface area (Å²) in [7, 11) is 0. The Morgan fingerprint density at radius 3 is 1.75 bits per heavy atom. The maximum atomic E-state index is 6.03. The molecule has 0 spiro atoms. The summed E-state index contributed by atoms with van der Waals surface area (Å²) in [6.07, 6.45) is 7.81. The summed E-state index contributed by atoms with van der Waals surface area (Å²) >= 11 is 11.9. The molecule has 0 atom stereocenters. The van der Waals surface area contributed by atoms with E-state index in [1.807, 2.05) is 86.7 Å². The molecular weight excluding hydrogens is 391 g/mol. The summed E-state index contributed by atoms with van der Waals surface area (Å²) in [4.78, 5) is 4.24. The summed E-state index contributed by atoms with van der Waals surface area (Å²) in [5, 5.41) is 7.73. The van der Waals surface area contributed by atoms with E-state index in [1.165, 1.54) is 0 Å². The Morgan fingerprint density at radius 1 is 0.893 bits per heavy atom. The third kappa shape index (κ3) is 7.22. The zero-order valence-electron chi connectivity index (χ0n) is 16.0. The summed E-state index contributed by atoms with van der Waals surface area (Å²) < 4.78 is 0. The second kappa shape index (κ2) is 11.3. The molecule has 0 aliphatic rings. The van der Waals surface area contributed by atoms with Crippen LogP contribution in [-0.4, -0.2) is 29.8 Å². The van der Waals surface area contributed by atoms with E-state index in [1.54, 1.807) is 5.01 Å². The number of hydrogen-bond acceptors (Lipinski definition) is 2. The van der Waals surface area contributed by atoms with Crippen molar-refractivity contribution in [3.05, 3.63) is 81.9 Å². The summed E-state index contributed by atoms with van der Waals surface area (Å²) in [6, 6.07) is 15.2. The maximum Gasteiger partial charge on any atom is 0.212 e. The third-order valence-electron chi connectivity index (χ3n) is 3.75. The van der Waals surface area contributed by atoms with Crippen molar-refractivity contribution >= 4 is 47.0 Å². The third-order valence-corrected chi connectivity index (χ3v) is 4.26. The fourth-order valence-corrected chi connectivity index (χ4v) is 2.55. The average molecular weight is 415 g/mol. The summed E-state index contributed by atoms with van der Waals surface area (Å²) in [5.74, 6) is 0.391. The van der Waals surface area contributed by atoms with E-state index >= 15 is 0 Å². The zero-order chi connectivity index (χ0) is 20.4. The van der Waals surface area contributed by atoms with Crippen LogP contribution >= 0.6 is 23.2 Å². The Hall–Kier alpha value is -2.56. The molecule has 2 aromatic rings. The smallest absolute Gasteiger partial charge is 0.212 e. The normalized spacial score (nSPS) is 11.9. The fraction of sp³-hybridized carbons (Fsp3) is 0.182. The SMILES string of the molecule is CCN=C(N)N(CC)N=C(C=Cc1ccc(Cl)cc1)C=Cc1ccc(Cl)cc1. The molecule has 0 aromatic heterocycles. The maximum absolute atomic E-state index is 6.03. The minimum Gasteiger partial charge on any atom is -0.368 e. The monoisotopic (exact) mass is 414 g/mol. The van der Waals surface area contributed by atoms with E-state index in [-0.39, 0.29) is 0 Å². The number of nitrogens with two attached hydrogens (primary N) is 1. The van der Waals surface area contributed by atoms with Crippen molar-refractivity contribution in [1.29, 1.82) is 0 Å². The topological polar surface area (TPSA) is 54.0 Å². The predicted octanol–water partition coefficient (Wildman–Crippen LogP) is 5.73. The van der Waals surface area contributed by atoms with Crippen LogP contribution in [0, 0.1) is 0 Å². The number of hydrogen-bond donors (Lipinski definition) is 1. The molecule has 146 valence electrons. The summed E-state index contributed by atoms with van der Waals surface area (Å²) in [5.41, 5.74) is 8.81. The zero-order valence-corrected chi connectivity index (χ0v) is 17.5. The van der Waals surface area contributed by atoms with Gasteiger partial charge in [0, 0.05) is 23.1 Å². The van der Waals surface area contributed by atoms with Crippen LogP contribution in [0.5, 0.6) is 0 Å². The fourth-order valence-electron chi connectivity index (χ4n) is 2.30. The van der Waals surface area contributed by atoms with Crippen molar-refractivity contribution in [2.45, 2.75) is 13.8 Å². The van der Waals surface area contributed by atoms with Crippen molar-refractivity contribution in [3.63, 3.8) is 0 Å². The molecule has 0 aliphatic heterocycles. The Balaban J connectivity index is 2.32. The van der Waals surface area contributed by atoms with Gasteiger partial charge in [-0.1, -0.05) is 59.6 Å². The van der Waals surface area contributed by atoms with Crippen LogP contribution in [0.4, 0.5) is 0 Å². The molecule has 0 unspecified atom stereocenters. The first-order valence-corrected chi connectivity index (χ1v) is 9.80. The van der Waals surface area contributed by atoms with Crippen LogP contribution < -0.4 is 5.73 Å². The van der Waals surface area contributed by atoms with Crippen LogP contribution in [-0.2, 0) is 0 Å². The highest BCUT2D eigenvalue weighted by atomic mass is 35.5. The molecule has 0 radical (unpaired) electrons. The number of nitrogens with zero attached hydrogens (tertiary/aromatic N) is 3. The van der Waals surface area contributed by atoms with Crippen molar-refractivity contribution < 1.29 is 0 Å². The van der Waals surface area contributed by atoms with E-state index in [2.05, 4.69) is 10.1 Å². The Morgan fingerprint density at radius 2 is 1.36 bits per heavy atom. The first-order valence-electron chi connectivity index (χ1n) is 9.05. The van der Waals surface area contributed by atoms with E-state index < -0.39 is 0 Å². The molecular formula is C22H24Cl2N4. The number of rotatable bonds is 7. The average Bonchev–Trinajstić information content (AvgIpc) is 2.70. The van der Waals surface area contributed by atoms with Crippen molar-refractivity contribution in [1.82, 2.24) is 5.01 Å². The number of allylic oxidation sites excluding steroid dienone is 2. The van der Waals surface area contributed by atoms with Gasteiger partial charge in [0.05, 0.1) is 5.71 Å². The van der Waals surface area contributed by atoms with Crippen molar-refractivity contribution in [3.8, 4) is 0 Å². The second-order valence-corrected chi connectivity index (χ2v) is 6.72. The highest BCUT2D eigenvalue weighted by molar-refractivity contribution is 6.30. The molecule has 0 heterocycles. The highest BCUT2D eigenvalue weighted by Gasteiger charge is 2.04. The minimum atomic E-state index is 0.391. The molecule has 28 heavy (non-hydrogen) atoms. The van der Waals surface area contributed by atoms with Crippen molar-refractivity contribution in [2.75, 3.05) is 13.1 Å². The predicted molar refractivity (Wildman–Crippen MR) is 123 cm³/mol. The summed E-state index contributed by atoms with van der Waals surface area (Å²) in [6.45, 7) is 5.13. The molecule has 2 aromatic carbocycles. The van der Waals surface area contributed by atoms with Gasteiger partial charge in [0.1, 0.15) is 0 Å². The van der Waals surface area contributed by atoms with Gasteiger partial charge in [0.2, 0.25) is 5.96 Å². The van der Waals surface area contributed by atoms with Gasteiger partial charge >= 0.3 is 0 Å². The largest absolute Gasteiger partial charge is 0.368 e. The standard InChI is InChI=1S/C22H24Cl2N4/c1-3-26-22(25)28(4-2)27-21(15-9-17-5-11-19(23)12-6-17)16-10-18-7-13-20(24)14-8-18/h5-16H,3-4H2,1-2H3,(H2,25,26). The van der Waals surface area contributed by atoms with Gasteiger partial charge in [-0.3, -0.25) is 4.99 Å². The van der Waals surface area contributed by atoms with Gasteiger partial charge < -0.3 is 5.73 Å². The van der Waals surface area contributed by atoms with Gasteiger partial charge in [-0.2, -0.15) is 5.10 Å². The van der Waals surface area contributed by atoms with Gasteiger partial charge in [-0.15, -0.1) is 0 Å². The molecule has 0 bridgehead atoms. The van der Waals surface area contributed by atoms with Crippen LogP contribution in [0.2, 0.25) is 10.0 Å². The molecule has 0 aliphatic carbocycles. The molecule has 2 N–H and O–H groups in total. The molecule has 0 fully saturated rings. The van der Waals surface area contributed by atoms with Gasteiger partial charge in [0.15, 0.2) is 0 Å². The number of halogens is 2. The van der Waals surface area contributed by atoms with Crippen LogP contribution in [0.25, 0.3) is 12.2 Å². The molecule has 0 saturated carbocycles. The van der Waals surface area contributed by atoms with Crippen LogP contribution in [0.3, 0.4) is 0 Å². The van der Waals surface area contributed by atoms with E-state index in [4.69, 9.17) is 28.9 Å². The van der Waals surface area contributed by atoms with Crippen LogP contribution in [0.15, 0.2) is 70.8 Å². The van der Waals surface area contributed by atoms with E-state index in [0.717, 1.165) is 16.8 Å². The molecule has 2 rings (SSSR count). The lowest BCUT2D eigenvalue weighted by atomic mass is 10.1. The lowest BCUT2D eigenvalue weighted by Crippen LogP contribution is -2.33. The lowest BCUT2D eigenvalue weighted by Gasteiger charge is -2.16. The first kappa shape index (κ1) is 21.7. The molecule has 0 saturated heterocycles. The number of aliphatic imine (C=N–C) groups is 1. The Kier molecular flexibility index (Phi) is 8.79. The van der Waals surface area contributed by atoms with Crippen LogP contribution in [0.1, 0.15) is 25.0 Å². The van der Waals surface area contributed by atoms with Gasteiger partial charge in [-0.25, -0.2) is 5.01 Å². The molecule has 4 nitrogen and oxygen atoms in total. The van der Waals surface area contributed by atoms with Gasteiger partial charge in [-0.05, 0) is 61.4 Å². The van der Waals surface area contributed by atoms with Crippen molar-refractivity contribution in [2.24, 2.45) is 15.8 Å². The number of guanidine groups is 1. The number of benzene rings is 2. The second-order valence-electron chi connectivity index (χ2n) is 5.84. The van der Waals surface area contributed by atoms with Gasteiger partial charge in [0.25, 0.3) is 0 Å². The highest BCUT2D eigenvalue weighted by Crippen LogP contribution is 2.12. The van der Waals surface area contributed by atoms with E-state index in [9.17, 15) is 0 Å². The number of hydrazone groups is 1. The first-order chi connectivity index (χ1) is 13.5. The minimum absolute atomic E-state index is 0.391. The Bertz CT molecular complexity index is 809. The molecule has 6 heteroatoms. The molecule has 0 amide bonds. The quantitative estimate of drug-likeness (QED) is 0.357. The van der Waals surface area contributed by atoms with E-state index in [0.29, 0.717) is 29.1 Å². The lowest BCUT2D eigenvalue weighted by molar-refractivity contribution is 0.464.